The highest BCUT2D eigenvalue weighted by atomic mass is 35.6. The van der Waals surface area contributed by atoms with Gasteiger partial charge in [0, 0.05) is 24.4 Å². The number of nitrogens with one attached hydrogen (secondary N) is 1. The molecule has 1 amide bonds. The molecule has 1 atom stereocenters. The van der Waals surface area contributed by atoms with Gasteiger partial charge in [0.15, 0.2) is 0 Å². The second kappa shape index (κ2) is 10.5. The summed E-state index contributed by atoms with van der Waals surface area (Å²) < 4.78 is 8.14. The first-order valence-electron chi connectivity index (χ1n) is 7.79. The summed E-state index contributed by atoms with van der Waals surface area (Å²) in [6, 6.07) is 9.41. The van der Waals surface area contributed by atoms with E-state index >= 15 is 0 Å². The van der Waals surface area contributed by atoms with Crippen molar-refractivity contribution in [2.24, 2.45) is 5.41 Å². The molecule has 0 spiro atoms. The average Bonchev–Trinajstić information content (AvgIpc) is 2.56. The SMILES string of the molecule is CC(=O)OCC[C@](C)(C#Cc1ccccc1)CNC(=O)OCC(Cl)(Cl)Cl. The molecule has 0 aliphatic rings. The summed E-state index contributed by atoms with van der Waals surface area (Å²) in [4.78, 5) is 22.7. The fourth-order valence-electron chi connectivity index (χ4n) is 1.83. The number of alkyl halides is 3. The summed E-state index contributed by atoms with van der Waals surface area (Å²) in [6.07, 6.45) is -0.298. The molecular formula is C18H20Cl3NO4. The van der Waals surface area contributed by atoms with Crippen LogP contribution < -0.4 is 5.32 Å². The Hall–Kier alpha value is -1.61. The Kier molecular flexibility index (Phi) is 9.07. The van der Waals surface area contributed by atoms with Crippen LogP contribution in [0.2, 0.25) is 0 Å². The summed E-state index contributed by atoms with van der Waals surface area (Å²) in [6.45, 7) is 3.16. The lowest BCUT2D eigenvalue weighted by atomic mass is 9.87. The van der Waals surface area contributed by atoms with E-state index in [2.05, 4.69) is 17.2 Å². The van der Waals surface area contributed by atoms with E-state index in [9.17, 15) is 9.59 Å². The predicted octanol–water partition coefficient (Wildman–Crippen LogP) is 4.09. The minimum Gasteiger partial charge on any atom is -0.466 e. The Balaban J connectivity index is 2.72. The van der Waals surface area contributed by atoms with Gasteiger partial charge in [-0.25, -0.2) is 4.79 Å². The van der Waals surface area contributed by atoms with Crippen molar-refractivity contribution >= 4 is 46.9 Å². The molecule has 26 heavy (non-hydrogen) atoms. The van der Waals surface area contributed by atoms with Crippen molar-refractivity contribution in [1.82, 2.24) is 5.32 Å². The number of halogens is 3. The summed E-state index contributed by atoms with van der Waals surface area (Å²) in [5.41, 5.74) is 0.189. The van der Waals surface area contributed by atoms with Crippen LogP contribution in [0.3, 0.4) is 0 Å². The van der Waals surface area contributed by atoms with Crippen molar-refractivity contribution in [3.8, 4) is 11.8 Å². The minimum absolute atomic E-state index is 0.173. The second-order valence-electron chi connectivity index (χ2n) is 5.81. The molecule has 0 saturated heterocycles. The van der Waals surface area contributed by atoms with Crippen LogP contribution >= 0.6 is 34.8 Å². The zero-order valence-corrected chi connectivity index (χ0v) is 16.7. The van der Waals surface area contributed by atoms with E-state index < -0.39 is 15.3 Å². The van der Waals surface area contributed by atoms with Crippen molar-refractivity contribution in [3.05, 3.63) is 35.9 Å². The highest BCUT2D eigenvalue weighted by Crippen LogP contribution is 2.26. The van der Waals surface area contributed by atoms with Crippen molar-refractivity contribution in [2.45, 2.75) is 24.1 Å². The molecule has 1 N–H and O–H groups in total. The normalized spacial score (nSPS) is 13.0. The predicted molar refractivity (Wildman–Crippen MR) is 102 cm³/mol. The van der Waals surface area contributed by atoms with E-state index in [0.717, 1.165) is 5.56 Å². The zero-order valence-electron chi connectivity index (χ0n) is 14.5. The van der Waals surface area contributed by atoms with Crippen LogP contribution in [0.25, 0.3) is 0 Å². The van der Waals surface area contributed by atoms with Gasteiger partial charge in [-0.15, -0.1) is 0 Å². The number of ether oxygens (including phenoxy) is 2. The molecule has 0 aliphatic carbocycles. The molecule has 142 valence electrons. The molecule has 0 heterocycles. The lowest BCUT2D eigenvalue weighted by Gasteiger charge is -2.24. The van der Waals surface area contributed by atoms with Gasteiger partial charge < -0.3 is 14.8 Å². The largest absolute Gasteiger partial charge is 0.466 e. The van der Waals surface area contributed by atoms with E-state index in [-0.39, 0.29) is 25.7 Å². The lowest BCUT2D eigenvalue weighted by Crippen LogP contribution is -2.37. The smallest absolute Gasteiger partial charge is 0.407 e. The van der Waals surface area contributed by atoms with Gasteiger partial charge in [0.2, 0.25) is 3.79 Å². The van der Waals surface area contributed by atoms with E-state index in [1.54, 1.807) is 0 Å². The first-order chi connectivity index (χ1) is 12.1. The quantitative estimate of drug-likeness (QED) is 0.427. The maximum Gasteiger partial charge on any atom is 0.407 e. The van der Waals surface area contributed by atoms with Crippen LogP contribution in [-0.2, 0) is 14.3 Å². The lowest BCUT2D eigenvalue weighted by molar-refractivity contribution is -0.141. The maximum absolute atomic E-state index is 11.7. The third kappa shape index (κ3) is 10.4. The van der Waals surface area contributed by atoms with Crippen molar-refractivity contribution in [1.29, 1.82) is 0 Å². The number of rotatable bonds is 6. The molecule has 1 aromatic carbocycles. The third-order valence-corrected chi connectivity index (χ3v) is 3.56. The minimum atomic E-state index is -1.68. The zero-order chi connectivity index (χ0) is 19.6. The van der Waals surface area contributed by atoms with Gasteiger partial charge in [-0.2, -0.15) is 0 Å². The Morgan fingerprint density at radius 1 is 1.15 bits per heavy atom. The molecule has 5 nitrogen and oxygen atoms in total. The molecule has 0 bridgehead atoms. The number of benzene rings is 1. The van der Waals surface area contributed by atoms with Crippen LogP contribution in [0, 0.1) is 17.3 Å². The van der Waals surface area contributed by atoms with Crippen molar-refractivity contribution in [2.75, 3.05) is 19.8 Å². The molecule has 0 fully saturated rings. The van der Waals surface area contributed by atoms with E-state index in [4.69, 9.17) is 44.3 Å². The fourth-order valence-corrected chi connectivity index (χ4v) is 1.99. The van der Waals surface area contributed by atoms with Gasteiger partial charge in [-0.05, 0) is 25.5 Å². The van der Waals surface area contributed by atoms with Gasteiger partial charge in [-0.1, -0.05) is 64.8 Å². The van der Waals surface area contributed by atoms with Gasteiger partial charge in [0.25, 0.3) is 0 Å². The molecule has 0 saturated carbocycles. The summed E-state index contributed by atoms with van der Waals surface area (Å²) in [5, 5.41) is 2.59. The number of carbonyl (C=O) groups is 2. The Morgan fingerprint density at radius 3 is 2.38 bits per heavy atom. The molecular weight excluding hydrogens is 401 g/mol. The van der Waals surface area contributed by atoms with Crippen LogP contribution in [0.1, 0.15) is 25.8 Å². The fraction of sp³-hybridized carbons (Fsp3) is 0.444. The van der Waals surface area contributed by atoms with Gasteiger partial charge >= 0.3 is 12.1 Å². The van der Waals surface area contributed by atoms with Crippen molar-refractivity contribution < 1.29 is 19.1 Å². The topological polar surface area (TPSA) is 64.6 Å². The number of amides is 1. The van der Waals surface area contributed by atoms with E-state index in [1.807, 2.05) is 37.3 Å². The number of esters is 1. The Morgan fingerprint density at radius 2 is 1.81 bits per heavy atom. The molecule has 0 unspecified atom stereocenters. The van der Waals surface area contributed by atoms with Gasteiger partial charge in [0.1, 0.15) is 6.61 Å². The standard InChI is InChI=1S/C18H20Cl3NO4/c1-14(23)25-11-10-17(2,9-8-15-6-4-3-5-7-15)12-22-16(24)26-13-18(19,20)21/h3-7H,10-13H2,1-2H3,(H,22,24)/t17-/m0/s1. The molecule has 8 heteroatoms. The van der Waals surface area contributed by atoms with E-state index in [1.165, 1.54) is 6.92 Å². The second-order valence-corrected chi connectivity index (χ2v) is 8.33. The Bertz CT molecular complexity index is 664. The molecule has 1 aromatic rings. The van der Waals surface area contributed by atoms with E-state index in [0.29, 0.717) is 6.42 Å². The van der Waals surface area contributed by atoms with Crippen LogP contribution in [-0.4, -0.2) is 35.6 Å². The first-order valence-corrected chi connectivity index (χ1v) is 8.92. The molecule has 0 aromatic heterocycles. The van der Waals surface area contributed by atoms with Gasteiger partial charge in [0.05, 0.1) is 6.61 Å². The third-order valence-electron chi connectivity index (χ3n) is 3.23. The number of carbonyl (C=O) groups excluding carboxylic acids is 2. The van der Waals surface area contributed by atoms with Crippen LogP contribution in [0.5, 0.6) is 0 Å². The maximum atomic E-state index is 11.7. The average molecular weight is 421 g/mol. The monoisotopic (exact) mass is 419 g/mol. The van der Waals surface area contributed by atoms with Crippen LogP contribution in [0.4, 0.5) is 4.79 Å². The van der Waals surface area contributed by atoms with Crippen molar-refractivity contribution in [3.63, 3.8) is 0 Å². The van der Waals surface area contributed by atoms with Crippen LogP contribution in [0.15, 0.2) is 30.3 Å². The molecule has 0 aliphatic heterocycles. The number of hydrogen-bond acceptors (Lipinski definition) is 4. The Labute approximate surface area is 168 Å². The van der Waals surface area contributed by atoms with Gasteiger partial charge in [-0.3, -0.25) is 4.79 Å². The molecule has 0 radical (unpaired) electrons. The summed E-state index contributed by atoms with van der Waals surface area (Å²) in [5.74, 6) is 5.81. The highest BCUT2D eigenvalue weighted by molar-refractivity contribution is 6.67. The molecule has 1 rings (SSSR count). The number of alkyl carbamates (subject to hydrolysis) is 1. The number of hydrogen-bond donors (Lipinski definition) is 1. The summed E-state index contributed by atoms with van der Waals surface area (Å²) >= 11 is 16.6. The highest BCUT2D eigenvalue weighted by Gasteiger charge is 2.25. The first kappa shape index (κ1) is 22.4. The summed E-state index contributed by atoms with van der Waals surface area (Å²) in [7, 11) is 0.